The molecule has 1 fully saturated rings. The van der Waals surface area contributed by atoms with Gasteiger partial charge in [0.2, 0.25) is 0 Å². The summed E-state index contributed by atoms with van der Waals surface area (Å²) in [5.41, 5.74) is 2.10. The lowest BCUT2D eigenvalue weighted by atomic mass is 9.68. The summed E-state index contributed by atoms with van der Waals surface area (Å²) in [6, 6.07) is 8.19. The quantitative estimate of drug-likeness (QED) is 0.692. The number of rotatable bonds is 3. The van der Waals surface area contributed by atoms with E-state index in [1.165, 1.54) is 12.0 Å². The third-order valence-corrected chi connectivity index (χ3v) is 7.49. The molecule has 0 radical (unpaired) electrons. The van der Waals surface area contributed by atoms with Crippen molar-refractivity contribution < 1.29 is 14.3 Å². The van der Waals surface area contributed by atoms with E-state index in [4.69, 9.17) is 9.73 Å². The number of methoxy groups -OCH3 is 1. The topological polar surface area (TPSA) is 55.7 Å². The van der Waals surface area contributed by atoms with E-state index in [-0.39, 0.29) is 29.5 Å². The predicted octanol–water partition coefficient (Wildman–Crippen LogP) is 4.87. The normalized spacial score (nSPS) is 25.2. The van der Waals surface area contributed by atoms with Crippen LogP contribution in [0.1, 0.15) is 46.2 Å². The second-order valence-electron chi connectivity index (χ2n) is 7.08. The zero-order chi connectivity index (χ0) is 19.1. The molecule has 0 amide bonds. The number of hydrogen-bond acceptors (Lipinski definition) is 6. The summed E-state index contributed by atoms with van der Waals surface area (Å²) in [4.78, 5) is 33.9. The zero-order valence-electron chi connectivity index (χ0n) is 15.5. The van der Waals surface area contributed by atoms with Crippen molar-refractivity contribution in [2.24, 2.45) is 10.9 Å². The Labute approximate surface area is 166 Å². The van der Waals surface area contributed by atoms with Gasteiger partial charge in [0.25, 0.3) is 0 Å². The van der Waals surface area contributed by atoms with Crippen molar-refractivity contribution in [2.75, 3.05) is 7.11 Å². The van der Waals surface area contributed by atoms with Gasteiger partial charge in [-0.3, -0.25) is 9.79 Å². The molecule has 2 aliphatic rings. The van der Waals surface area contributed by atoms with Crippen LogP contribution in [0.5, 0.6) is 0 Å². The largest absolute Gasteiger partial charge is 0.466 e. The molecule has 3 heterocycles. The molecule has 3 atom stereocenters. The van der Waals surface area contributed by atoms with E-state index in [2.05, 4.69) is 6.07 Å². The van der Waals surface area contributed by atoms with Gasteiger partial charge < -0.3 is 4.74 Å². The Morgan fingerprint density at radius 3 is 2.59 bits per heavy atom. The molecular weight excluding hydrogens is 378 g/mol. The Balaban J connectivity index is 1.80. The summed E-state index contributed by atoms with van der Waals surface area (Å²) >= 11 is 3.33. The lowest BCUT2D eigenvalue weighted by molar-refractivity contribution is -0.136. The number of carbonyl (C=O) groups excluding carboxylic acids is 2. The van der Waals surface area contributed by atoms with Gasteiger partial charge in [0.1, 0.15) is 5.78 Å². The molecule has 4 rings (SSSR count). The van der Waals surface area contributed by atoms with E-state index < -0.39 is 0 Å². The molecule has 140 valence electrons. The molecule has 0 saturated heterocycles. The van der Waals surface area contributed by atoms with Gasteiger partial charge in [0.15, 0.2) is 0 Å². The van der Waals surface area contributed by atoms with Crippen LogP contribution < -0.4 is 0 Å². The van der Waals surface area contributed by atoms with E-state index in [0.29, 0.717) is 17.7 Å². The maximum atomic E-state index is 13.2. The number of ketones is 1. The Hall–Kier alpha value is -2.05. The average molecular weight is 400 g/mol. The van der Waals surface area contributed by atoms with Gasteiger partial charge in [0.05, 0.1) is 18.6 Å². The standard InChI is InChI=1S/C21H21NO3S2/c1-11-6-7-17(27-11)20-18(21(24)25-3)12(2)22-14-9-13(10-15(23)19(14)20)16-5-4-8-26-16/h4-8,13,19-20H,9-10H2,1-3H3/t13-,19?,20-/m0/s1. The van der Waals surface area contributed by atoms with Crippen molar-refractivity contribution in [1.29, 1.82) is 0 Å². The highest BCUT2D eigenvalue weighted by molar-refractivity contribution is 7.12. The van der Waals surface area contributed by atoms with Gasteiger partial charge in [-0.05, 0) is 43.8 Å². The molecule has 0 spiro atoms. The van der Waals surface area contributed by atoms with Crippen LogP contribution in [-0.4, -0.2) is 24.6 Å². The van der Waals surface area contributed by atoms with E-state index in [9.17, 15) is 9.59 Å². The number of nitrogens with zero attached hydrogens (tertiary/aromatic N) is 1. The number of hydrogen-bond donors (Lipinski definition) is 0. The molecule has 0 aromatic carbocycles. The summed E-state index contributed by atoms with van der Waals surface area (Å²) in [7, 11) is 1.38. The third-order valence-electron chi connectivity index (χ3n) is 5.37. The first-order chi connectivity index (χ1) is 13.0. The van der Waals surface area contributed by atoms with Crippen LogP contribution in [0.25, 0.3) is 0 Å². The van der Waals surface area contributed by atoms with Crippen LogP contribution in [-0.2, 0) is 14.3 Å². The second kappa shape index (κ2) is 7.17. The molecule has 0 bridgehead atoms. The number of allylic oxidation sites excluding steroid dienone is 1. The van der Waals surface area contributed by atoms with Crippen molar-refractivity contribution >= 4 is 40.1 Å². The van der Waals surface area contributed by atoms with Gasteiger partial charge in [0, 0.05) is 44.3 Å². The molecule has 2 aromatic heterocycles. The SMILES string of the molecule is COC(=O)C1=C(C)N=C2C[C@H](c3cccs3)CC(=O)C2[C@H]1c1ccc(C)s1. The van der Waals surface area contributed by atoms with Crippen molar-refractivity contribution in [1.82, 2.24) is 0 Å². The van der Waals surface area contributed by atoms with Crippen molar-refractivity contribution in [2.45, 2.75) is 38.5 Å². The Morgan fingerprint density at radius 1 is 1.15 bits per heavy atom. The summed E-state index contributed by atoms with van der Waals surface area (Å²) in [6.45, 7) is 3.89. The molecule has 27 heavy (non-hydrogen) atoms. The van der Waals surface area contributed by atoms with Crippen LogP contribution in [0.3, 0.4) is 0 Å². The first-order valence-electron chi connectivity index (χ1n) is 8.98. The molecule has 1 unspecified atom stereocenters. The Morgan fingerprint density at radius 2 is 1.96 bits per heavy atom. The third kappa shape index (κ3) is 3.21. The first-order valence-corrected chi connectivity index (χ1v) is 10.7. The van der Waals surface area contributed by atoms with Gasteiger partial charge >= 0.3 is 5.97 Å². The average Bonchev–Trinajstić information content (AvgIpc) is 3.31. The van der Waals surface area contributed by atoms with E-state index in [0.717, 1.165) is 21.9 Å². The van der Waals surface area contributed by atoms with Crippen LogP contribution in [0, 0.1) is 12.8 Å². The summed E-state index contributed by atoms with van der Waals surface area (Å²) in [6.07, 6.45) is 1.27. The molecule has 1 saturated carbocycles. The van der Waals surface area contributed by atoms with Gasteiger partial charge in [-0.1, -0.05) is 6.07 Å². The monoisotopic (exact) mass is 399 g/mol. The van der Waals surface area contributed by atoms with E-state index >= 15 is 0 Å². The maximum Gasteiger partial charge on any atom is 0.336 e. The highest BCUT2D eigenvalue weighted by Gasteiger charge is 2.46. The number of esters is 1. The molecule has 1 aliphatic carbocycles. The number of aryl methyl sites for hydroxylation is 1. The van der Waals surface area contributed by atoms with Crippen LogP contribution in [0.4, 0.5) is 0 Å². The fraction of sp³-hybridized carbons (Fsp3) is 0.381. The summed E-state index contributed by atoms with van der Waals surface area (Å²) in [5, 5.41) is 2.05. The zero-order valence-corrected chi connectivity index (χ0v) is 17.2. The van der Waals surface area contributed by atoms with Crippen molar-refractivity contribution in [3.63, 3.8) is 0 Å². The maximum absolute atomic E-state index is 13.2. The molecule has 1 aliphatic heterocycles. The molecule has 2 aromatic rings. The number of thiophene rings is 2. The molecular formula is C21H21NO3S2. The summed E-state index contributed by atoms with van der Waals surface area (Å²) < 4.78 is 5.04. The Kier molecular flexibility index (Phi) is 4.86. The fourth-order valence-electron chi connectivity index (χ4n) is 4.20. The minimum atomic E-state index is -0.389. The number of aliphatic imine (C=N–C) groups is 1. The van der Waals surface area contributed by atoms with Crippen molar-refractivity contribution in [3.8, 4) is 0 Å². The smallest absolute Gasteiger partial charge is 0.336 e. The van der Waals surface area contributed by atoms with E-state index in [1.807, 2.05) is 37.4 Å². The fourth-order valence-corrected chi connectivity index (χ4v) is 6.06. The minimum absolute atomic E-state index is 0.170. The van der Waals surface area contributed by atoms with Crippen LogP contribution >= 0.6 is 22.7 Å². The minimum Gasteiger partial charge on any atom is -0.466 e. The number of carbonyl (C=O) groups is 2. The predicted molar refractivity (Wildman–Crippen MR) is 109 cm³/mol. The van der Waals surface area contributed by atoms with Gasteiger partial charge in [-0.2, -0.15) is 0 Å². The number of Topliss-reactive ketones (excluding diaryl/α,β-unsaturated/α-hetero) is 1. The molecule has 6 heteroatoms. The number of ether oxygens (including phenoxy) is 1. The summed E-state index contributed by atoms with van der Waals surface area (Å²) in [5.74, 6) is -0.689. The molecule has 4 nitrogen and oxygen atoms in total. The van der Waals surface area contributed by atoms with Crippen molar-refractivity contribution in [3.05, 3.63) is 55.5 Å². The second-order valence-corrected chi connectivity index (χ2v) is 9.38. The highest BCUT2D eigenvalue weighted by atomic mass is 32.1. The van der Waals surface area contributed by atoms with E-state index in [1.54, 1.807) is 22.7 Å². The van der Waals surface area contributed by atoms with Gasteiger partial charge in [-0.15, -0.1) is 22.7 Å². The van der Waals surface area contributed by atoms with Crippen LogP contribution in [0.15, 0.2) is 45.9 Å². The highest BCUT2D eigenvalue weighted by Crippen LogP contribution is 2.47. The lowest BCUT2D eigenvalue weighted by Gasteiger charge is -2.37. The molecule has 0 N–H and O–H groups in total. The Bertz CT molecular complexity index is 952. The van der Waals surface area contributed by atoms with Crippen LogP contribution in [0.2, 0.25) is 0 Å². The first kappa shape index (κ1) is 18.3. The van der Waals surface area contributed by atoms with Gasteiger partial charge in [-0.25, -0.2) is 4.79 Å². The number of fused-ring (bicyclic) bond motifs is 1. The lowest BCUT2D eigenvalue weighted by Crippen LogP contribution is -2.40.